The first kappa shape index (κ1) is 21.3. The van der Waals surface area contributed by atoms with Gasteiger partial charge in [-0.2, -0.15) is 0 Å². The van der Waals surface area contributed by atoms with Gasteiger partial charge in [-0.05, 0) is 55.9 Å². The van der Waals surface area contributed by atoms with Crippen molar-refractivity contribution in [3.63, 3.8) is 0 Å². The van der Waals surface area contributed by atoms with E-state index < -0.39 is 19.9 Å². The number of amides is 1. The topological polar surface area (TPSA) is 91.8 Å². The molecule has 0 N–H and O–H groups in total. The molecule has 1 aromatic rings. The van der Waals surface area contributed by atoms with Gasteiger partial charge < -0.3 is 4.90 Å². The molecule has 0 saturated carbocycles. The molecule has 7 nitrogen and oxygen atoms in total. The van der Waals surface area contributed by atoms with Gasteiger partial charge in [0, 0.05) is 31.6 Å². The fraction of sp³-hybridized carbons (Fsp3) is 0.632. The number of carbonyl (C=O) groups excluding carboxylic acids is 1. The van der Waals surface area contributed by atoms with Crippen molar-refractivity contribution < 1.29 is 21.6 Å². The van der Waals surface area contributed by atoms with E-state index in [0.29, 0.717) is 32.4 Å². The lowest BCUT2D eigenvalue weighted by molar-refractivity contribution is -0.123. The number of anilines is 1. The summed E-state index contributed by atoms with van der Waals surface area (Å²) >= 11 is 0. The largest absolute Gasteiger partial charge is 0.312 e. The molecule has 28 heavy (non-hydrogen) atoms. The third-order valence-electron chi connectivity index (χ3n) is 5.45. The number of aryl methyl sites for hydroxylation is 1. The molecule has 0 radical (unpaired) electrons. The van der Waals surface area contributed by atoms with Gasteiger partial charge >= 0.3 is 0 Å². The smallest absolute Gasteiger partial charge is 0.231 e. The summed E-state index contributed by atoms with van der Waals surface area (Å²) in [5.41, 5.74) is 1.60. The standard InChI is InChI=1S/C19H28N2O5S2/c1-3-12-28(25,26)20-10-4-7-16(14-20)19(22)21-11-5-6-15-13-17(27(2,23)24)8-9-18(15)21/h8-9,13,16H,3-7,10-12,14H2,1-2H3. The highest BCUT2D eigenvalue weighted by molar-refractivity contribution is 7.90. The monoisotopic (exact) mass is 428 g/mol. The minimum Gasteiger partial charge on any atom is -0.312 e. The van der Waals surface area contributed by atoms with Crippen LogP contribution in [0.25, 0.3) is 0 Å². The zero-order valence-corrected chi connectivity index (χ0v) is 18.1. The fourth-order valence-corrected chi connectivity index (χ4v) is 6.30. The Morgan fingerprint density at radius 1 is 1.14 bits per heavy atom. The molecular formula is C19H28N2O5S2. The molecule has 3 rings (SSSR count). The summed E-state index contributed by atoms with van der Waals surface area (Å²) in [6.07, 6.45) is 4.56. The van der Waals surface area contributed by atoms with E-state index in [9.17, 15) is 21.6 Å². The summed E-state index contributed by atoms with van der Waals surface area (Å²) in [6.45, 7) is 3.11. The van der Waals surface area contributed by atoms with Crippen LogP contribution in [0, 0.1) is 5.92 Å². The zero-order valence-electron chi connectivity index (χ0n) is 16.4. The Hall–Kier alpha value is -1.45. The van der Waals surface area contributed by atoms with Crippen LogP contribution < -0.4 is 4.90 Å². The summed E-state index contributed by atoms with van der Waals surface area (Å²) in [6, 6.07) is 4.90. The number of sulfone groups is 1. The Morgan fingerprint density at radius 2 is 1.89 bits per heavy atom. The number of sulfonamides is 1. The van der Waals surface area contributed by atoms with Crippen LogP contribution in [0.3, 0.4) is 0 Å². The van der Waals surface area contributed by atoms with Gasteiger partial charge in [-0.3, -0.25) is 4.79 Å². The molecular weight excluding hydrogens is 400 g/mol. The van der Waals surface area contributed by atoms with E-state index in [2.05, 4.69) is 0 Å². The van der Waals surface area contributed by atoms with Crippen molar-refractivity contribution in [2.24, 2.45) is 5.92 Å². The second-order valence-electron chi connectivity index (χ2n) is 7.67. The second kappa shape index (κ2) is 8.12. The number of nitrogens with zero attached hydrogens (tertiary/aromatic N) is 2. The van der Waals surface area contributed by atoms with Crippen molar-refractivity contribution in [1.82, 2.24) is 4.31 Å². The Kier molecular flexibility index (Phi) is 6.17. The summed E-state index contributed by atoms with van der Waals surface area (Å²) in [5, 5.41) is 0. The van der Waals surface area contributed by atoms with Gasteiger partial charge in [0.15, 0.2) is 9.84 Å². The van der Waals surface area contributed by atoms with Gasteiger partial charge in [0.2, 0.25) is 15.9 Å². The number of hydrogen-bond acceptors (Lipinski definition) is 5. The molecule has 1 aromatic carbocycles. The molecule has 2 aliphatic rings. The lowest BCUT2D eigenvalue weighted by Gasteiger charge is -2.36. The molecule has 1 fully saturated rings. The van der Waals surface area contributed by atoms with Crippen LogP contribution in [-0.2, 0) is 31.1 Å². The number of hydrogen-bond donors (Lipinski definition) is 0. The van der Waals surface area contributed by atoms with Crippen LogP contribution in [0.5, 0.6) is 0 Å². The molecule has 9 heteroatoms. The first-order valence-electron chi connectivity index (χ1n) is 9.75. The quantitative estimate of drug-likeness (QED) is 0.713. The number of fused-ring (bicyclic) bond motifs is 1. The number of carbonyl (C=O) groups is 1. The van der Waals surface area contributed by atoms with Crippen molar-refractivity contribution in [1.29, 1.82) is 0 Å². The van der Waals surface area contributed by atoms with Crippen LogP contribution in [0.4, 0.5) is 5.69 Å². The number of piperidine rings is 1. The number of rotatable bonds is 5. The zero-order chi connectivity index (χ0) is 20.5. The van der Waals surface area contributed by atoms with E-state index in [0.717, 1.165) is 24.1 Å². The molecule has 1 saturated heterocycles. The predicted molar refractivity (Wildman–Crippen MR) is 109 cm³/mol. The first-order valence-corrected chi connectivity index (χ1v) is 13.3. The van der Waals surface area contributed by atoms with E-state index in [4.69, 9.17) is 0 Å². The molecule has 2 heterocycles. The van der Waals surface area contributed by atoms with E-state index in [1.54, 1.807) is 23.1 Å². The summed E-state index contributed by atoms with van der Waals surface area (Å²) in [4.78, 5) is 15.2. The summed E-state index contributed by atoms with van der Waals surface area (Å²) in [7, 11) is -6.62. The molecule has 1 amide bonds. The van der Waals surface area contributed by atoms with Crippen molar-refractivity contribution >= 4 is 31.5 Å². The van der Waals surface area contributed by atoms with Gasteiger partial charge in [-0.1, -0.05) is 6.92 Å². The van der Waals surface area contributed by atoms with E-state index in [-0.39, 0.29) is 29.0 Å². The molecule has 0 aliphatic carbocycles. The molecule has 1 atom stereocenters. The van der Waals surface area contributed by atoms with Crippen LogP contribution in [0.15, 0.2) is 23.1 Å². The Balaban J connectivity index is 1.82. The maximum atomic E-state index is 13.2. The third-order valence-corrected chi connectivity index (χ3v) is 8.61. The van der Waals surface area contributed by atoms with Crippen LogP contribution in [0.1, 0.15) is 38.2 Å². The lowest BCUT2D eigenvalue weighted by atomic mass is 9.95. The highest BCUT2D eigenvalue weighted by Gasteiger charge is 2.35. The average Bonchev–Trinajstić information content (AvgIpc) is 2.66. The molecule has 156 valence electrons. The van der Waals surface area contributed by atoms with E-state index in [1.807, 2.05) is 6.92 Å². The van der Waals surface area contributed by atoms with Gasteiger partial charge in [-0.15, -0.1) is 0 Å². The molecule has 2 aliphatic heterocycles. The maximum Gasteiger partial charge on any atom is 0.231 e. The third kappa shape index (κ3) is 4.41. The first-order chi connectivity index (χ1) is 13.1. The second-order valence-corrected chi connectivity index (χ2v) is 11.8. The Morgan fingerprint density at radius 3 is 2.57 bits per heavy atom. The van der Waals surface area contributed by atoms with Crippen molar-refractivity contribution in [2.45, 2.75) is 43.9 Å². The normalized spacial score (nSPS) is 21.4. The van der Waals surface area contributed by atoms with Gasteiger partial charge in [0.1, 0.15) is 0 Å². The average molecular weight is 429 g/mol. The SMILES string of the molecule is CCCS(=O)(=O)N1CCCC(C(=O)N2CCCc3cc(S(C)(=O)=O)ccc32)C1. The van der Waals surface area contributed by atoms with Crippen LogP contribution in [-0.4, -0.2) is 58.7 Å². The van der Waals surface area contributed by atoms with Gasteiger partial charge in [0.05, 0.1) is 16.6 Å². The summed E-state index contributed by atoms with van der Waals surface area (Å²) < 4.78 is 49.9. The highest BCUT2D eigenvalue weighted by Crippen LogP contribution is 2.32. The van der Waals surface area contributed by atoms with Crippen LogP contribution in [0.2, 0.25) is 0 Å². The van der Waals surface area contributed by atoms with E-state index >= 15 is 0 Å². The van der Waals surface area contributed by atoms with Gasteiger partial charge in [-0.25, -0.2) is 21.1 Å². The minimum absolute atomic E-state index is 0.0653. The Labute approximate surface area is 167 Å². The van der Waals surface area contributed by atoms with Crippen molar-refractivity contribution in [3.8, 4) is 0 Å². The molecule has 1 unspecified atom stereocenters. The predicted octanol–water partition coefficient (Wildman–Crippen LogP) is 1.82. The van der Waals surface area contributed by atoms with Crippen molar-refractivity contribution in [2.75, 3.05) is 36.5 Å². The fourth-order valence-electron chi connectivity index (χ4n) is 4.04. The molecule has 0 aromatic heterocycles. The highest BCUT2D eigenvalue weighted by atomic mass is 32.2. The molecule has 0 bridgehead atoms. The van der Waals surface area contributed by atoms with Crippen LogP contribution >= 0.6 is 0 Å². The molecule has 0 spiro atoms. The van der Waals surface area contributed by atoms with E-state index in [1.165, 1.54) is 10.6 Å². The summed E-state index contributed by atoms with van der Waals surface area (Å²) in [5.74, 6) is -0.320. The maximum absolute atomic E-state index is 13.2. The minimum atomic E-state index is -3.32. The number of benzene rings is 1. The Bertz CT molecular complexity index is 957. The van der Waals surface area contributed by atoms with Crippen molar-refractivity contribution in [3.05, 3.63) is 23.8 Å². The lowest BCUT2D eigenvalue weighted by Crippen LogP contribution is -2.48. The van der Waals surface area contributed by atoms with Gasteiger partial charge in [0.25, 0.3) is 0 Å².